The molecular formula is CoCrO5SeTi. The molecule has 0 aromatic rings. The monoisotopic (exact) mass is 319 g/mol. The first kappa shape index (κ1) is 22.4. The van der Waals surface area contributed by atoms with E-state index < -0.39 is 19.1 Å². The van der Waals surface area contributed by atoms with E-state index in [-0.39, 0.29) is 0 Å². The summed E-state index contributed by atoms with van der Waals surface area (Å²) in [6.07, 6.45) is 0. The van der Waals surface area contributed by atoms with Crippen LogP contribution in [0.15, 0.2) is 0 Å². The Kier molecular flexibility index (Phi) is 306. The minimum absolute atomic E-state index is 1.38. The maximum absolute atomic E-state index is 8.50. The van der Waals surface area contributed by atoms with Gasteiger partial charge in [0, 0.05) is 0 Å². The van der Waals surface area contributed by atoms with Crippen molar-refractivity contribution in [3.05, 3.63) is 0 Å². The Morgan fingerprint density at radius 1 is 1.11 bits per heavy atom. The molecule has 0 aliphatic carbocycles. The van der Waals surface area contributed by atoms with Gasteiger partial charge in [0.25, 0.3) is 0 Å². The van der Waals surface area contributed by atoms with E-state index in [1.165, 1.54) is 32.2 Å². The number of hydrogen-bond donors (Lipinski definition) is 0. The number of rotatable bonds is 0. The van der Waals surface area contributed by atoms with Gasteiger partial charge in [0.15, 0.2) is 0 Å². The van der Waals surface area contributed by atoms with Crippen LogP contribution in [0.2, 0.25) is 0 Å². The summed E-state index contributed by atoms with van der Waals surface area (Å²) in [5.74, 6) is 0. The van der Waals surface area contributed by atoms with Gasteiger partial charge in [-0.1, -0.05) is 0 Å². The predicted octanol–water partition coefficient (Wildman–Crippen LogP) is -0.982. The molecule has 55 valence electrons. The molecule has 0 N–H and O–H groups in total. The molecule has 0 aliphatic rings. The second kappa shape index (κ2) is 123. The molecule has 0 aromatic carbocycles. The summed E-state index contributed by atoms with van der Waals surface area (Å²) in [4.78, 5) is 0. The quantitative estimate of drug-likeness (QED) is 0.536. The summed E-state index contributed by atoms with van der Waals surface area (Å²) in [5.41, 5.74) is 0. The third-order valence-electron chi connectivity index (χ3n) is 0. The Morgan fingerprint density at radius 2 is 1.11 bits per heavy atom. The third kappa shape index (κ3) is 303. The number of hydrogen-bond acceptors (Lipinski definition) is 5. The van der Waals surface area contributed by atoms with Gasteiger partial charge in [0.05, 0.1) is 0 Å². The van der Waals surface area contributed by atoms with Crippen LogP contribution in [0.1, 0.15) is 0 Å². The summed E-state index contributed by atoms with van der Waals surface area (Å²) in [7, 11) is 0. The van der Waals surface area contributed by atoms with Crippen LogP contribution in [0, 0.1) is 0 Å². The topological polar surface area (TPSA) is 85.3 Å². The molecule has 0 aliphatic heterocycles. The average molecular weight is 318 g/mol. The van der Waals surface area contributed by atoms with E-state index in [4.69, 9.17) is 18.2 Å². The second-order valence-electron chi connectivity index (χ2n) is 0.0833. The Labute approximate surface area is 84.3 Å². The van der Waals surface area contributed by atoms with Crippen LogP contribution in [0.4, 0.5) is 0 Å². The van der Waals surface area contributed by atoms with E-state index in [9.17, 15) is 0 Å². The molecule has 0 heterocycles. The van der Waals surface area contributed by atoms with Crippen molar-refractivity contribution in [3.8, 4) is 0 Å². The standard InChI is InChI=1S/Co.Cr.OSe.4O.Ti/c;;1-2;;;;;. The van der Waals surface area contributed by atoms with Gasteiger partial charge in [-0.05, 0) is 0 Å². The zero-order valence-electron chi connectivity index (χ0n) is 3.69. The Hall–Kier alpha value is 1.27. The van der Waals surface area contributed by atoms with Crippen LogP contribution < -0.4 is 0 Å². The first-order chi connectivity index (χ1) is 4.41. The van der Waals surface area contributed by atoms with Gasteiger partial charge in [-0.3, -0.25) is 0 Å². The molecule has 0 spiro atoms. The first-order valence-electron chi connectivity index (χ1n) is 0.878. The van der Waals surface area contributed by atoms with Gasteiger partial charge in [-0.2, -0.15) is 0 Å². The molecule has 0 saturated heterocycles. The van der Waals surface area contributed by atoms with Gasteiger partial charge in [0.2, 0.25) is 0 Å². The Morgan fingerprint density at radius 3 is 1.11 bits per heavy atom. The van der Waals surface area contributed by atoms with Gasteiger partial charge >= 0.3 is 85.1 Å². The van der Waals surface area contributed by atoms with E-state index in [1.54, 1.807) is 0 Å². The molecule has 0 bridgehead atoms. The van der Waals surface area contributed by atoms with Crippen LogP contribution in [-0.4, -0.2) is 15.9 Å². The first-order valence-corrected chi connectivity index (χ1v) is 3.80. The van der Waals surface area contributed by atoms with E-state index >= 15 is 0 Å². The molecule has 0 amide bonds. The maximum atomic E-state index is 8.50. The molecule has 0 atom stereocenters. The summed E-state index contributed by atoms with van der Waals surface area (Å²) in [6.45, 7) is 0. The Bertz CT molecular complexity index is 59.2. The summed E-state index contributed by atoms with van der Waals surface area (Å²) >= 11 is 3.06. The van der Waals surface area contributed by atoms with Crippen molar-refractivity contribution in [1.29, 1.82) is 0 Å². The molecular weight excluding hydrogens is 318 g/mol. The molecule has 0 fully saturated rings. The van der Waals surface area contributed by atoms with Crippen LogP contribution in [0.3, 0.4) is 0 Å². The van der Waals surface area contributed by atoms with Crippen LogP contribution >= 0.6 is 0 Å². The van der Waals surface area contributed by atoms with Gasteiger partial charge in [-0.15, -0.1) is 0 Å². The summed E-state index contributed by atoms with van der Waals surface area (Å²) in [5, 5.41) is 0. The molecule has 0 radical (unpaired) electrons. The Balaban J connectivity index is -0.0000000190. The van der Waals surface area contributed by atoms with Crippen molar-refractivity contribution in [2.24, 2.45) is 0 Å². The third-order valence-corrected chi connectivity index (χ3v) is 0. The van der Waals surface area contributed by atoms with E-state index in [0.717, 1.165) is 0 Å². The molecule has 9 heteroatoms. The van der Waals surface area contributed by atoms with Crippen molar-refractivity contribution < 1.29 is 69.1 Å². The van der Waals surface area contributed by atoms with E-state index in [1.807, 2.05) is 0 Å². The average Bonchev–Trinajstić information content (AvgIpc) is 2.01. The zero-order chi connectivity index (χ0) is 8.71. The van der Waals surface area contributed by atoms with Crippen molar-refractivity contribution in [1.82, 2.24) is 0 Å². The fourth-order valence-corrected chi connectivity index (χ4v) is 0. The van der Waals surface area contributed by atoms with Crippen molar-refractivity contribution in [2.75, 3.05) is 0 Å². The fourth-order valence-electron chi connectivity index (χ4n) is 0. The second-order valence-corrected chi connectivity index (χ2v) is 0.344. The molecule has 5 nitrogen and oxygen atoms in total. The van der Waals surface area contributed by atoms with Gasteiger partial charge in [-0.25, -0.2) is 0 Å². The molecule has 0 saturated carbocycles. The van der Waals surface area contributed by atoms with Crippen molar-refractivity contribution in [3.63, 3.8) is 0 Å². The fraction of sp³-hybridized carbons (Fsp3) is 0. The van der Waals surface area contributed by atoms with Gasteiger partial charge < -0.3 is 0 Å². The summed E-state index contributed by atoms with van der Waals surface area (Å²) < 4.78 is 41.2. The predicted molar refractivity (Wildman–Crippen MR) is 9.19 cm³/mol. The molecule has 0 rings (SSSR count). The SMILES string of the molecule is O=[Se].[O]=[Co].[O]=[Cr].[O]=[Ti]=[O]. The minimum atomic E-state index is -2.00. The van der Waals surface area contributed by atoms with Crippen LogP contribution in [-0.2, 0) is 69.1 Å². The van der Waals surface area contributed by atoms with Crippen molar-refractivity contribution >= 4 is 15.9 Å². The van der Waals surface area contributed by atoms with E-state index in [2.05, 4.69) is 15.7 Å². The summed E-state index contributed by atoms with van der Waals surface area (Å²) in [6, 6.07) is 0. The van der Waals surface area contributed by atoms with Crippen LogP contribution in [0.5, 0.6) is 0 Å². The van der Waals surface area contributed by atoms with Gasteiger partial charge in [0.1, 0.15) is 0 Å². The van der Waals surface area contributed by atoms with Crippen LogP contribution in [0.25, 0.3) is 0 Å². The molecule has 0 unspecified atom stereocenters. The normalized spacial score (nSPS) is 2.33. The van der Waals surface area contributed by atoms with E-state index in [0.29, 0.717) is 0 Å². The molecule has 0 aromatic heterocycles. The van der Waals surface area contributed by atoms with Crippen molar-refractivity contribution in [2.45, 2.75) is 0 Å². The molecule has 9 heavy (non-hydrogen) atoms. The zero-order valence-corrected chi connectivity index (χ0v) is 9.28.